The van der Waals surface area contributed by atoms with E-state index < -0.39 is 0 Å². The normalized spacial score (nSPS) is 10.7. The molecule has 2 aromatic rings. The molecule has 0 aliphatic carbocycles. The van der Waals surface area contributed by atoms with Gasteiger partial charge in [-0.15, -0.1) is 0 Å². The number of amides is 1. The summed E-state index contributed by atoms with van der Waals surface area (Å²) in [5.74, 6) is -0.197. The van der Waals surface area contributed by atoms with Crippen molar-refractivity contribution in [3.8, 4) is 0 Å². The molecule has 20 heavy (non-hydrogen) atoms. The van der Waals surface area contributed by atoms with Crippen molar-refractivity contribution in [2.24, 2.45) is 12.1 Å². The molecule has 0 saturated carbocycles. The van der Waals surface area contributed by atoms with Gasteiger partial charge in [-0.1, -0.05) is 30.3 Å². The van der Waals surface area contributed by atoms with E-state index in [-0.39, 0.29) is 5.91 Å². The van der Waals surface area contributed by atoms with Gasteiger partial charge in [-0.25, -0.2) is 9.99 Å². The summed E-state index contributed by atoms with van der Waals surface area (Å²) in [6, 6.07) is 13.8. The molecule has 1 amide bonds. The Hall–Kier alpha value is -2.49. The maximum absolute atomic E-state index is 11.8. The average molecular weight is 268 g/mol. The van der Waals surface area contributed by atoms with Gasteiger partial charge in [-0.3, -0.25) is 4.79 Å². The fourth-order valence-electron chi connectivity index (χ4n) is 1.83. The maximum Gasteiger partial charge on any atom is 0.277 e. The van der Waals surface area contributed by atoms with Crippen molar-refractivity contribution in [2.75, 3.05) is 0 Å². The number of benzene rings is 1. The van der Waals surface area contributed by atoms with Crippen LogP contribution >= 0.6 is 0 Å². The van der Waals surface area contributed by atoms with Crippen LogP contribution in [-0.4, -0.2) is 12.1 Å². The Morgan fingerprint density at radius 2 is 2.05 bits per heavy atom. The minimum Gasteiger partial charge on any atom is -0.267 e. The van der Waals surface area contributed by atoms with Gasteiger partial charge in [0, 0.05) is 12.3 Å². The van der Waals surface area contributed by atoms with Gasteiger partial charge in [0.25, 0.3) is 5.91 Å². The van der Waals surface area contributed by atoms with Crippen molar-refractivity contribution in [1.29, 1.82) is 0 Å². The zero-order valence-corrected chi connectivity index (χ0v) is 11.5. The highest BCUT2D eigenvalue weighted by molar-refractivity contribution is 5.93. The van der Waals surface area contributed by atoms with Crippen LogP contribution in [0.15, 0.2) is 60.0 Å². The second-order valence-corrected chi connectivity index (χ2v) is 4.53. The molecule has 102 valence electrons. The van der Waals surface area contributed by atoms with Crippen LogP contribution in [0.1, 0.15) is 22.3 Å². The molecule has 2 rings (SSSR count). The largest absolute Gasteiger partial charge is 0.277 e. The van der Waals surface area contributed by atoms with E-state index in [1.54, 1.807) is 18.5 Å². The first-order valence-corrected chi connectivity index (χ1v) is 6.57. The lowest BCUT2D eigenvalue weighted by molar-refractivity contribution is -0.671. The first-order chi connectivity index (χ1) is 9.75. The molecule has 1 N–H and O–H groups in total. The summed E-state index contributed by atoms with van der Waals surface area (Å²) in [5.41, 5.74) is 4.39. The number of aryl methyl sites for hydroxylation is 2. The van der Waals surface area contributed by atoms with E-state index in [0.29, 0.717) is 5.56 Å². The van der Waals surface area contributed by atoms with Crippen molar-refractivity contribution in [2.45, 2.75) is 12.8 Å². The zero-order valence-electron chi connectivity index (χ0n) is 11.5. The predicted octanol–water partition coefficient (Wildman–Crippen LogP) is 1.86. The molecule has 0 radical (unpaired) electrons. The van der Waals surface area contributed by atoms with Crippen LogP contribution in [0.4, 0.5) is 0 Å². The quantitative estimate of drug-likeness (QED) is 0.502. The first kappa shape index (κ1) is 13.9. The smallest absolute Gasteiger partial charge is 0.267 e. The summed E-state index contributed by atoms with van der Waals surface area (Å²) in [4.78, 5) is 11.8. The van der Waals surface area contributed by atoms with E-state index in [1.165, 1.54) is 5.56 Å². The molecule has 0 aliphatic heterocycles. The van der Waals surface area contributed by atoms with Crippen molar-refractivity contribution >= 4 is 12.1 Å². The van der Waals surface area contributed by atoms with E-state index in [1.807, 2.05) is 42.1 Å². The Morgan fingerprint density at radius 1 is 1.25 bits per heavy atom. The van der Waals surface area contributed by atoms with Crippen molar-refractivity contribution in [3.63, 3.8) is 0 Å². The molecule has 0 unspecified atom stereocenters. The molecule has 0 bridgehead atoms. The van der Waals surface area contributed by atoms with Gasteiger partial charge in [0.15, 0.2) is 12.4 Å². The Balaban J connectivity index is 1.77. The molecule has 0 atom stereocenters. The number of hydrogen-bond donors (Lipinski definition) is 1. The Kier molecular flexibility index (Phi) is 5.00. The third-order valence-electron chi connectivity index (χ3n) is 2.86. The average Bonchev–Trinajstić information content (AvgIpc) is 2.48. The number of carbonyl (C=O) groups excluding carboxylic acids is 1. The number of nitrogens with one attached hydrogen (secondary N) is 1. The number of aromatic nitrogens is 1. The standard InChI is InChI=1S/C16H17N3O/c1-19-12-6-10-15(13-19)16(20)18-17-11-5-9-14-7-3-2-4-8-14/h2-4,6-8,10-13H,5,9H2,1H3/p+1. The fourth-order valence-corrected chi connectivity index (χ4v) is 1.83. The third kappa shape index (κ3) is 4.31. The van der Waals surface area contributed by atoms with Crippen molar-refractivity contribution < 1.29 is 9.36 Å². The minimum atomic E-state index is -0.197. The lowest BCUT2D eigenvalue weighted by atomic mass is 10.1. The van der Waals surface area contributed by atoms with Gasteiger partial charge in [-0.2, -0.15) is 5.10 Å². The molecule has 0 aliphatic rings. The van der Waals surface area contributed by atoms with Crippen molar-refractivity contribution in [3.05, 3.63) is 66.0 Å². The Morgan fingerprint density at radius 3 is 2.80 bits per heavy atom. The molecular formula is C16H18N3O+. The predicted molar refractivity (Wildman–Crippen MR) is 78.3 cm³/mol. The zero-order chi connectivity index (χ0) is 14.2. The molecule has 0 spiro atoms. The molecule has 1 aromatic heterocycles. The number of rotatable bonds is 5. The highest BCUT2D eigenvalue weighted by Gasteiger charge is 2.06. The molecule has 4 heteroatoms. The summed E-state index contributed by atoms with van der Waals surface area (Å²) < 4.78 is 1.83. The molecule has 0 saturated heterocycles. The Bertz CT molecular complexity index is 594. The molecular weight excluding hydrogens is 250 g/mol. The summed E-state index contributed by atoms with van der Waals surface area (Å²) in [7, 11) is 1.87. The molecule has 0 fully saturated rings. The fraction of sp³-hybridized carbons (Fsp3) is 0.188. The molecule has 1 heterocycles. The second-order valence-electron chi connectivity index (χ2n) is 4.53. The first-order valence-electron chi connectivity index (χ1n) is 6.57. The Labute approximate surface area is 118 Å². The van der Waals surface area contributed by atoms with Crippen LogP contribution in [0.3, 0.4) is 0 Å². The van der Waals surface area contributed by atoms with E-state index in [0.717, 1.165) is 12.8 Å². The van der Waals surface area contributed by atoms with Gasteiger partial charge >= 0.3 is 0 Å². The lowest BCUT2D eigenvalue weighted by Gasteiger charge is -1.98. The summed E-state index contributed by atoms with van der Waals surface area (Å²) >= 11 is 0. The summed E-state index contributed by atoms with van der Waals surface area (Å²) in [6.45, 7) is 0. The number of carbonyl (C=O) groups is 1. The SMILES string of the molecule is C[n+]1cccc(C(=O)NN=CCCc2ccccc2)c1. The molecule has 1 aromatic carbocycles. The number of nitrogens with zero attached hydrogens (tertiary/aromatic N) is 2. The van der Waals surface area contributed by atoms with Gasteiger partial charge < -0.3 is 0 Å². The van der Waals surface area contributed by atoms with Crippen LogP contribution in [0.25, 0.3) is 0 Å². The third-order valence-corrected chi connectivity index (χ3v) is 2.86. The maximum atomic E-state index is 11.8. The lowest BCUT2D eigenvalue weighted by Crippen LogP contribution is -2.29. The van der Waals surface area contributed by atoms with Crippen molar-refractivity contribution in [1.82, 2.24) is 5.43 Å². The van der Waals surface area contributed by atoms with Gasteiger partial charge in [0.1, 0.15) is 12.6 Å². The van der Waals surface area contributed by atoms with E-state index in [9.17, 15) is 4.79 Å². The van der Waals surface area contributed by atoms with Crippen LogP contribution in [0.2, 0.25) is 0 Å². The minimum absolute atomic E-state index is 0.197. The number of hydrazone groups is 1. The number of pyridine rings is 1. The monoisotopic (exact) mass is 268 g/mol. The van der Waals surface area contributed by atoms with Crippen LogP contribution in [-0.2, 0) is 13.5 Å². The van der Waals surface area contributed by atoms with Gasteiger partial charge in [0.05, 0.1) is 0 Å². The summed E-state index contributed by atoms with van der Waals surface area (Å²) in [6.07, 6.45) is 7.08. The van der Waals surface area contributed by atoms with Gasteiger partial charge in [0.2, 0.25) is 0 Å². The van der Waals surface area contributed by atoms with Crippen LogP contribution in [0, 0.1) is 0 Å². The second kappa shape index (κ2) is 7.19. The van der Waals surface area contributed by atoms with E-state index in [2.05, 4.69) is 22.7 Å². The van der Waals surface area contributed by atoms with E-state index in [4.69, 9.17) is 0 Å². The van der Waals surface area contributed by atoms with Gasteiger partial charge in [-0.05, 0) is 24.5 Å². The van der Waals surface area contributed by atoms with Crippen LogP contribution in [0.5, 0.6) is 0 Å². The highest BCUT2D eigenvalue weighted by atomic mass is 16.2. The van der Waals surface area contributed by atoms with E-state index >= 15 is 0 Å². The number of hydrogen-bond acceptors (Lipinski definition) is 2. The summed E-state index contributed by atoms with van der Waals surface area (Å²) in [5, 5.41) is 3.96. The van der Waals surface area contributed by atoms with Crippen LogP contribution < -0.4 is 9.99 Å². The molecule has 4 nitrogen and oxygen atoms in total. The topological polar surface area (TPSA) is 45.3 Å². The highest BCUT2D eigenvalue weighted by Crippen LogP contribution is 2.00.